The smallest absolute Gasteiger partial charge is 0.388 e. The van der Waals surface area contributed by atoms with E-state index in [-0.39, 0.29) is 44.0 Å². The third-order valence-electron chi connectivity index (χ3n) is 7.75. The van der Waals surface area contributed by atoms with Crippen LogP contribution >= 0.6 is 7.82 Å². The van der Waals surface area contributed by atoms with E-state index < -0.39 is 55.9 Å². The third kappa shape index (κ3) is 7.65. The highest BCUT2D eigenvalue weighted by molar-refractivity contribution is 7.48. The van der Waals surface area contributed by atoms with E-state index in [4.69, 9.17) is 34.3 Å². The molecule has 5 heterocycles. The first-order valence-corrected chi connectivity index (χ1v) is 16.4. The highest BCUT2D eigenvalue weighted by Crippen LogP contribution is 2.51. The van der Waals surface area contributed by atoms with E-state index in [1.54, 1.807) is 0 Å². The molecule has 5 rings (SSSR count). The second-order valence-electron chi connectivity index (χ2n) is 11.1. The molecule has 0 saturated carbocycles. The minimum atomic E-state index is -4.23. The maximum atomic E-state index is 13.8. The molecule has 7 atom stereocenters. The predicted octanol–water partition coefficient (Wildman–Crippen LogP) is 2.62. The average Bonchev–Trinajstić information content (AvgIpc) is 3.74. The number of aliphatic hydroxyl groups excluding tert-OH is 1. The zero-order valence-corrected chi connectivity index (χ0v) is 26.3. The Kier molecular flexibility index (Phi) is 10.9. The fourth-order valence-corrected chi connectivity index (χ4v) is 6.58. The number of aromatic amines is 1. The van der Waals surface area contributed by atoms with Crippen LogP contribution < -0.4 is 17.0 Å². The molecule has 0 amide bonds. The van der Waals surface area contributed by atoms with Crippen molar-refractivity contribution in [2.24, 2.45) is 5.11 Å². The van der Waals surface area contributed by atoms with Gasteiger partial charge in [0.05, 0.1) is 44.4 Å². The van der Waals surface area contributed by atoms with Gasteiger partial charge in [0.1, 0.15) is 24.2 Å². The number of aromatic nitrogens is 6. The molecule has 4 N–H and O–H groups in total. The van der Waals surface area contributed by atoms with Gasteiger partial charge >= 0.3 is 13.5 Å². The second kappa shape index (κ2) is 14.8. The van der Waals surface area contributed by atoms with Crippen LogP contribution in [0.3, 0.4) is 0 Å². The van der Waals surface area contributed by atoms with E-state index in [1.807, 2.05) is 0 Å². The number of hydrogen-bond donors (Lipinski definition) is 3. The Morgan fingerprint density at radius 3 is 2.74 bits per heavy atom. The van der Waals surface area contributed by atoms with Gasteiger partial charge in [0.2, 0.25) is 0 Å². The molecule has 1 unspecified atom stereocenters. The Morgan fingerprint density at radius 2 is 1.96 bits per heavy atom. The number of aliphatic hydroxyl groups is 1. The summed E-state index contributed by atoms with van der Waals surface area (Å²) in [6, 6.07) is -0.788. The minimum absolute atomic E-state index is 0.0934. The summed E-state index contributed by atoms with van der Waals surface area (Å²) in [5.41, 5.74) is 14.8. The monoisotopic (exact) mass is 664 g/mol. The van der Waals surface area contributed by atoms with Crippen molar-refractivity contribution in [3.8, 4) is 0 Å². The van der Waals surface area contributed by atoms with Crippen LogP contribution in [0, 0.1) is 6.92 Å². The topological polar surface area (TPSA) is 257 Å². The highest BCUT2D eigenvalue weighted by Gasteiger charge is 2.41. The van der Waals surface area contributed by atoms with Crippen LogP contribution in [0.2, 0.25) is 0 Å². The molecular weight excluding hydrogens is 627 g/mol. The SMILES string of the molecule is CCCCCCOP(=O)(OC[C@@H]1C[C@@H](O)[C@H](n2cnc3c(N)ncnc32)O1)OC[C@H]1O[C@@H](n2cc(C)c(=O)[nH]c2=O)C[C@@H]1N=[N+]=[N-]. The number of hydrogen-bond acceptors (Lipinski definition) is 14. The van der Waals surface area contributed by atoms with Crippen molar-refractivity contribution in [2.45, 2.75) is 89.2 Å². The lowest BCUT2D eigenvalue weighted by Crippen LogP contribution is -2.33. The van der Waals surface area contributed by atoms with Crippen LogP contribution in [0.5, 0.6) is 0 Å². The number of nitrogens with two attached hydrogens (primary N) is 1. The Labute approximate surface area is 262 Å². The van der Waals surface area contributed by atoms with Gasteiger partial charge in [-0.25, -0.2) is 24.3 Å². The highest BCUT2D eigenvalue weighted by atomic mass is 31.2. The van der Waals surface area contributed by atoms with Crippen molar-refractivity contribution in [1.82, 2.24) is 29.1 Å². The van der Waals surface area contributed by atoms with Crippen LogP contribution in [0.25, 0.3) is 21.6 Å². The van der Waals surface area contributed by atoms with Gasteiger partial charge in [-0.1, -0.05) is 31.3 Å². The van der Waals surface area contributed by atoms with Gasteiger partial charge in [0.15, 0.2) is 17.7 Å². The van der Waals surface area contributed by atoms with E-state index in [0.717, 1.165) is 19.3 Å². The number of nitrogen functional groups attached to an aromatic ring is 1. The fraction of sp³-hybridized carbons (Fsp3) is 0.654. The van der Waals surface area contributed by atoms with E-state index in [0.29, 0.717) is 17.6 Å². The van der Waals surface area contributed by atoms with Crippen LogP contribution in [-0.4, -0.2) is 78.4 Å². The summed E-state index contributed by atoms with van der Waals surface area (Å²) < 4.78 is 45.6. The number of phosphoric ester groups is 1. The molecule has 2 saturated heterocycles. The molecule has 0 bridgehead atoms. The Morgan fingerprint density at radius 1 is 1.15 bits per heavy atom. The number of anilines is 1. The fourth-order valence-electron chi connectivity index (χ4n) is 5.32. The molecule has 250 valence electrons. The summed E-state index contributed by atoms with van der Waals surface area (Å²) in [6.45, 7) is 3.09. The molecule has 0 aliphatic carbocycles. The number of imidazole rings is 1. The molecule has 2 fully saturated rings. The van der Waals surface area contributed by atoms with E-state index in [1.165, 1.54) is 34.9 Å². The van der Waals surface area contributed by atoms with Gasteiger partial charge in [0.25, 0.3) is 5.56 Å². The number of rotatable bonds is 15. The van der Waals surface area contributed by atoms with Gasteiger partial charge in [0, 0.05) is 29.5 Å². The van der Waals surface area contributed by atoms with Crippen molar-refractivity contribution in [1.29, 1.82) is 0 Å². The molecule has 19 nitrogen and oxygen atoms in total. The van der Waals surface area contributed by atoms with Crippen molar-refractivity contribution < 1.29 is 32.7 Å². The summed E-state index contributed by atoms with van der Waals surface area (Å²) in [4.78, 5) is 41.7. The third-order valence-corrected chi connectivity index (χ3v) is 9.18. The number of unbranched alkanes of at least 4 members (excludes halogenated alkanes) is 3. The largest absolute Gasteiger partial charge is 0.474 e. The summed E-state index contributed by atoms with van der Waals surface area (Å²) in [6.07, 6.45) is 3.42. The Hall–Kier alpha value is -3.67. The second-order valence-corrected chi connectivity index (χ2v) is 12.8. The van der Waals surface area contributed by atoms with Gasteiger partial charge in [-0.2, -0.15) is 0 Å². The van der Waals surface area contributed by atoms with Crippen molar-refractivity contribution in [2.75, 3.05) is 25.6 Å². The lowest BCUT2D eigenvalue weighted by Gasteiger charge is -2.23. The molecule has 0 aromatic carbocycles. The molecular formula is C26H37N10O9P. The summed E-state index contributed by atoms with van der Waals surface area (Å²) in [7, 11) is -4.23. The quantitative estimate of drug-likeness (QED) is 0.0695. The molecule has 2 aliphatic rings. The molecule has 2 aliphatic heterocycles. The normalized spacial score (nSPS) is 25.9. The van der Waals surface area contributed by atoms with E-state index in [2.05, 4.69) is 36.9 Å². The first-order valence-electron chi connectivity index (χ1n) is 14.9. The molecule has 3 aromatic heterocycles. The summed E-state index contributed by atoms with van der Waals surface area (Å²) >= 11 is 0. The number of ether oxygens (including phenoxy) is 2. The first kappa shape index (κ1) is 33.7. The Bertz CT molecular complexity index is 1720. The van der Waals surface area contributed by atoms with Crippen molar-refractivity contribution >= 4 is 24.8 Å². The van der Waals surface area contributed by atoms with Crippen LogP contribution in [0.4, 0.5) is 5.82 Å². The van der Waals surface area contributed by atoms with Gasteiger partial charge in [-0.05, 0) is 18.9 Å². The van der Waals surface area contributed by atoms with E-state index >= 15 is 0 Å². The minimum Gasteiger partial charge on any atom is -0.388 e. The van der Waals surface area contributed by atoms with Crippen LogP contribution in [-0.2, 0) is 27.6 Å². The maximum Gasteiger partial charge on any atom is 0.474 e. The number of nitrogens with one attached hydrogen (secondary N) is 1. The standard InChI is InChI=1S/C26H37N10O9P/c1-3-4-5-6-7-41-46(40,42-11-16-8-18(37)25(44-16)36-14-31-21-22(27)29-13-30-23(21)36)43-12-19-17(33-34-28)9-20(45-19)35-10-15(2)24(38)32-26(35)39/h10,13-14,16-20,25,37H,3-9,11-12H2,1-2H3,(H2,27,29,30)(H,32,38,39)/t16-,17-,18+,19+,20+,25+,46?/m0/s1. The number of azide groups is 1. The molecule has 20 heteroatoms. The van der Waals surface area contributed by atoms with E-state index in [9.17, 15) is 19.3 Å². The number of nitrogens with zero attached hydrogens (tertiary/aromatic N) is 8. The summed E-state index contributed by atoms with van der Waals surface area (Å²) in [5, 5.41) is 14.5. The predicted molar refractivity (Wildman–Crippen MR) is 161 cm³/mol. The number of phosphoric acid groups is 1. The van der Waals surface area contributed by atoms with Gasteiger partial charge in [-0.15, -0.1) is 0 Å². The van der Waals surface area contributed by atoms with Crippen LogP contribution in [0.15, 0.2) is 33.6 Å². The summed E-state index contributed by atoms with van der Waals surface area (Å²) in [5.74, 6) is 0.187. The Balaban J connectivity index is 1.25. The molecule has 46 heavy (non-hydrogen) atoms. The van der Waals surface area contributed by atoms with Gasteiger partial charge in [-0.3, -0.25) is 32.5 Å². The average molecular weight is 665 g/mol. The first-order chi connectivity index (χ1) is 22.1. The lowest BCUT2D eigenvalue weighted by molar-refractivity contribution is -0.0541. The van der Waals surface area contributed by atoms with Crippen LogP contribution in [0.1, 0.15) is 63.5 Å². The number of fused-ring (bicyclic) bond motifs is 1. The molecule has 3 aromatic rings. The zero-order valence-electron chi connectivity index (χ0n) is 25.4. The maximum absolute atomic E-state index is 13.8. The van der Waals surface area contributed by atoms with Crippen molar-refractivity contribution in [3.05, 3.63) is 55.7 Å². The number of H-pyrrole nitrogens is 1. The van der Waals surface area contributed by atoms with Gasteiger partial charge < -0.3 is 20.3 Å². The molecule has 0 spiro atoms. The zero-order chi connectivity index (χ0) is 32.8. The molecule has 0 radical (unpaired) electrons. The lowest BCUT2D eigenvalue weighted by atomic mass is 10.1. The van der Waals surface area contributed by atoms with Crippen molar-refractivity contribution in [3.63, 3.8) is 0 Å². The number of aryl methyl sites for hydroxylation is 1.